The third-order valence-corrected chi connectivity index (χ3v) is 3.59. The van der Waals surface area contributed by atoms with Gasteiger partial charge in [-0.2, -0.15) is 0 Å². The Bertz CT molecular complexity index is 526. The van der Waals surface area contributed by atoms with Gasteiger partial charge in [0.1, 0.15) is 17.7 Å². The van der Waals surface area contributed by atoms with Crippen molar-refractivity contribution in [2.24, 2.45) is 5.92 Å². The summed E-state index contributed by atoms with van der Waals surface area (Å²) in [6.45, 7) is 4.45. The second-order valence-electron chi connectivity index (χ2n) is 5.00. The molecule has 0 saturated carbocycles. The van der Waals surface area contributed by atoms with Crippen LogP contribution in [0.1, 0.15) is 32.5 Å². The number of hydrogen-bond donors (Lipinski definition) is 2. The molecular weight excluding hydrogens is 246 g/mol. The predicted molar refractivity (Wildman–Crippen MR) is 71.4 cm³/mol. The van der Waals surface area contributed by atoms with E-state index in [0.29, 0.717) is 24.6 Å². The number of H-pyrrole nitrogens is 1. The highest BCUT2D eigenvalue weighted by Crippen LogP contribution is 2.27. The molecule has 0 amide bonds. The summed E-state index contributed by atoms with van der Waals surface area (Å²) < 4.78 is 0. The molecule has 1 aliphatic heterocycles. The van der Waals surface area contributed by atoms with Crippen LogP contribution in [-0.2, 0) is 11.2 Å². The van der Waals surface area contributed by atoms with Gasteiger partial charge in [0.2, 0.25) is 0 Å². The number of anilines is 1. The number of rotatable bonds is 3. The van der Waals surface area contributed by atoms with Gasteiger partial charge in [-0.25, -0.2) is 9.78 Å². The quantitative estimate of drug-likeness (QED) is 0.852. The van der Waals surface area contributed by atoms with Crippen molar-refractivity contribution in [1.29, 1.82) is 0 Å². The molecule has 19 heavy (non-hydrogen) atoms. The molecule has 2 atom stereocenters. The zero-order valence-electron chi connectivity index (χ0n) is 11.2. The average Bonchev–Trinajstić information content (AvgIpc) is 2.37. The predicted octanol–water partition coefficient (Wildman–Crippen LogP) is 1.02. The molecule has 1 aromatic heterocycles. The molecule has 6 heteroatoms. The minimum absolute atomic E-state index is 0.0532. The summed E-state index contributed by atoms with van der Waals surface area (Å²) in [5.41, 5.74) is -0.232. The number of aryl methyl sites for hydroxylation is 1. The second-order valence-corrected chi connectivity index (χ2v) is 5.00. The minimum atomic E-state index is -0.854. The molecule has 0 aliphatic carbocycles. The number of carboxylic acid groups (broad SMARTS) is 1. The van der Waals surface area contributed by atoms with E-state index >= 15 is 0 Å². The lowest BCUT2D eigenvalue weighted by atomic mass is 9.91. The highest BCUT2D eigenvalue weighted by Gasteiger charge is 2.35. The fourth-order valence-corrected chi connectivity index (χ4v) is 2.63. The van der Waals surface area contributed by atoms with Gasteiger partial charge in [0.25, 0.3) is 5.56 Å². The summed E-state index contributed by atoms with van der Waals surface area (Å²) in [7, 11) is 0. The van der Waals surface area contributed by atoms with Crippen molar-refractivity contribution < 1.29 is 9.90 Å². The normalized spacial score (nSPS) is 23.4. The number of hydrogen-bond acceptors (Lipinski definition) is 4. The number of carboxylic acids is 1. The van der Waals surface area contributed by atoms with Crippen LogP contribution in [0, 0.1) is 5.92 Å². The molecule has 2 unspecified atom stereocenters. The standard InChI is InChI=1S/C13H19N3O3/c1-3-9-14-10(7-11(17)15-9)16-6-4-5-8(2)12(16)13(18)19/h7-8,12H,3-6H2,1-2H3,(H,18,19)(H,14,15,17). The number of nitrogens with zero attached hydrogens (tertiary/aromatic N) is 2. The van der Waals surface area contributed by atoms with E-state index in [9.17, 15) is 14.7 Å². The summed E-state index contributed by atoms with van der Waals surface area (Å²) in [5, 5.41) is 9.38. The van der Waals surface area contributed by atoms with Crippen LogP contribution < -0.4 is 10.5 Å². The van der Waals surface area contributed by atoms with E-state index in [4.69, 9.17) is 0 Å². The lowest BCUT2D eigenvalue weighted by Gasteiger charge is -2.38. The molecule has 104 valence electrons. The lowest BCUT2D eigenvalue weighted by molar-refractivity contribution is -0.140. The SMILES string of the molecule is CCc1nc(N2CCCC(C)C2C(=O)O)cc(=O)[nH]1. The first kappa shape index (κ1) is 13.6. The van der Waals surface area contributed by atoms with E-state index in [-0.39, 0.29) is 11.5 Å². The van der Waals surface area contributed by atoms with Gasteiger partial charge in [-0.15, -0.1) is 0 Å². The summed E-state index contributed by atoms with van der Waals surface area (Å²) >= 11 is 0. The van der Waals surface area contributed by atoms with E-state index in [0.717, 1.165) is 12.8 Å². The molecular formula is C13H19N3O3. The molecule has 6 nitrogen and oxygen atoms in total. The Balaban J connectivity index is 2.40. The third-order valence-electron chi connectivity index (χ3n) is 3.59. The van der Waals surface area contributed by atoms with Crippen LogP contribution in [0.4, 0.5) is 5.82 Å². The van der Waals surface area contributed by atoms with Gasteiger partial charge in [-0.05, 0) is 18.8 Å². The Kier molecular flexibility index (Phi) is 3.87. The Labute approximate surface area is 111 Å². The monoisotopic (exact) mass is 265 g/mol. The summed E-state index contributed by atoms with van der Waals surface area (Å²) in [4.78, 5) is 31.8. The van der Waals surface area contributed by atoms with E-state index in [1.165, 1.54) is 6.07 Å². The van der Waals surface area contributed by atoms with Crippen molar-refractivity contribution in [3.05, 3.63) is 22.2 Å². The van der Waals surface area contributed by atoms with Gasteiger partial charge in [0.05, 0.1) is 0 Å². The van der Waals surface area contributed by atoms with Crippen LogP contribution in [0.3, 0.4) is 0 Å². The van der Waals surface area contributed by atoms with Crippen molar-refractivity contribution in [2.75, 3.05) is 11.4 Å². The highest BCUT2D eigenvalue weighted by molar-refractivity contribution is 5.78. The van der Waals surface area contributed by atoms with E-state index in [2.05, 4.69) is 9.97 Å². The zero-order chi connectivity index (χ0) is 14.0. The van der Waals surface area contributed by atoms with Gasteiger partial charge in [0.15, 0.2) is 0 Å². The highest BCUT2D eigenvalue weighted by atomic mass is 16.4. The van der Waals surface area contributed by atoms with Crippen molar-refractivity contribution in [2.45, 2.75) is 39.2 Å². The molecule has 0 spiro atoms. The van der Waals surface area contributed by atoms with E-state index in [1.807, 2.05) is 13.8 Å². The molecule has 2 heterocycles. The van der Waals surface area contributed by atoms with Gasteiger partial charge >= 0.3 is 5.97 Å². The smallest absolute Gasteiger partial charge is 0.326 e. The Morgan fingerprint density at radius 2 is 2.37 bits per heavy atom. The molecule has 1 aromatic rings. The van der Waals surface area contributed by atoms with Crippen LogP contribution in [0.15, 0.2) is 10.9 Å². The molecule has 0 radical (unpaired) electrons. The van der Waals surface area contributed by atoms with Crippen LogP contribution in [-0.4, -0.2) is 33.6 Å². The average molecular weight is 265 g/mol. The first-order chi connectivity index (χ1) is 9.02. The second kappa shape index (κ2) is 5.42. The van der Waals surface area contributed by atoms with E-state index < -0.39 is 12.0 Å². The largest absolute Gasteiger partial charge is 0.480 e. The topological polar surface area (TPSA) is 86.3 Å². The molecule has 1 aliphatic rings. The zero-order valence-corrected chi connectivity index (χ0v) is 11.2. The molecule has 2 N–H and O–H groups in total. The van der Waals surface area contributed by atoms with E-state index in [1.54, 1.807) is 4.90 Å². The number of aromatic amines is 1. The Morgan fingerprint density at radius 3 is 3.00 bits per heavy atom. The van der Waals surface area contributed by atoms with Crippen LogP contribution >= 0.6 is 0 Å². The fourth-order valence-electron chi connectivity index (χ4n) is 2.63. The summed E-state index contributed by atoms with van der Waals surface area (Å²) in [6, 6.07) is 0.778. The minimum Gasteiger partial charge on any atom is -0.480 e. The van der Waals surface area contributed by atoms with Crippen LogP contribution in [0.5, 0.6) is 0 Å². The molecule has 2 rings (SSSR count). The maximum Gasteiger partial charge on any atom is 0.326 e. The maximum atomic E-state index is 11.6. The first-order valence-electron chi connectivity index (χ1n) is 6.62. The number of aliphatic carboxylic acids is 1. The first-order valence-corrected chi connectivity index (χ1v) is 6.62. The summed E-state index contributed by atoms with van der Waals surface area (Å²) in [6.07, 6.45) is 2.42. The Hall–Kier alpha value is -1.85. The van der Waals surface area contributed by atoms with Gasteiger partial charge in [0, 0.05) is 19.0 Å². The number of carbonyl (C=O) groups is 1. The number of piperidine rings is 1. The van der Waals surface area contributed by atoms with Crippen molar-refractivity contribution in [3.8, 4) is 0 Å². The van der Waals surface area contributed by atoms with Crippen molar-refractivity contribution in [1.82, 2.24) is 9.97 Å². The fraction of sp³-hybridized carbons (Fsp3) is 0.615. The van der Waals surface area contributed by atoms with Gasteiger partial charge in [-0.1, -0.05) is 13.8 Å². The van der Waals surface area contributed by atoms with Crippen molar-refractivity contribution >= 4 is 11.8 Å². The van der Waals surface area contributed by atoms with Crippen molar-refractivity contribution in [3.63, 3.8) is 0 Å². The lowest BCUT2D eigenvalue weighted by Crippen LogP contribution is -2.50. The number of nitrogens with one attached hydrogen (secondary N) is 1. The van der Waals surface area contributed by atoms with Crippen LogP contribution in [0.25, 0.3) is 0 Å². The molecule has 0 bridgehead atoms. The number of aromatic nitrogens is 2. The molecule has 1 saturated heterocycles. The maximum absolute atomic E-state index is 11.6. The molecule has 1 fully saturated rings. The third kappa shape index (κ3) is 2.77. The summed E-state index contributed by atoms with van der Waals surface area (Å²) in [5.74, 6) is 0.258. The van der Waals surface area contributed by atoms with Crippen LogP contribution in [0.2, 0.25) is 0 Å². The molecule has 0 aromatic carbocycles. The van der Waals surface area contributed by atoms with Gasteiger partial charge in [-0.3, -0.25) is 4.79 Å². The Morgan fingerprint density at radius 1 is 1.63 bits per heavy atom. The van der Waals surface area contributed by atoms with Gasteiger partial charge < -0.3 is 15.0 Å².